The van der Waals surface area contributed by atoms with Crippen LogP contribution in [0.25, 0.3) is 11.2 Å². The highest BCUT2D eigenvalue weighted by Gasteiger charge is 2.23. The van der Waals surface area contributed by atoms with E-state index in [-0.39, 0.29) is 5.91 Å². The summed E-state index contributed by atoms with van der Waals surface area (Å²) < 4.78 is 2.37. The molecule has 0 N–H and O–H groups in total. The summed E-state index contributed by atoms with van der Waals surface area (Å²) in [7, 11) is 0. The van der Waals surface area contributed by atoms with Gasteiger partial charge in [0, 0.05) is 25.3 Å². The Morgan fingerprint density at radius 2 is 1.96 bits per heavy atom. The molecule has 0 spiro atoms. The molecule has 1 aliphatic heterocycles. The summed E-state index contributed by atoms with van der Waals surface area (Å²) in [5, 5.41) is 0. The Morgan fingerprint density at radius 1 is 1.19 bits per heavy atom. The number of fused-ring (bicyclic) bond motifs is 1. The van der Waals surface area contributed by atoms with Gasteiger partial charge in [-0.05, 0) is 43.7 Å². The lowest BCUT2D eigenvalue weighted by Gasteiger charge is -2.30. The number of imidazole rings is 1. The van der Waals surface area contributed by atoms with Crippen LogP contribution in [-0.4, -0.2) is 44.2 Å². The fraction of sp³-hybridized carbons (Fsp3) is 0.667. The van der Waals surface area contributed by atoms with Crippen molar-refractivity contribution >= 4 is 28.8 Å². The zero-order valence-electron chi connectivity index (χ0n) is 16.3. The molecule has 0 atom stereocenters. The van der Waals surface area contributed by atoms with Gasteiger partial charge in [-0.2, -0.15) is 0 Å². The standard InChI is InChI=1S/C21H30N4OS/c1-16-9-12-24(13-10-16)20(26)15-27-14-19-23-18-8-5-11-22-21(18)25(19)17-6-3-2-4-7-17/h5,8,11,16-17H,2-4,6-7,9-10,12-15H2,1H3. The van der Waals surface area contributed by atoms with Crippen LogP contribution < -0.4 is 0 Å². The van der Waals surface area contributed by atoms with Crippen molar-refractivity contribution in [3.8, 4) is 0 Å². The molecule has 2 aromatic heterocycles. The maximum absolute atomic E-state index is 12.5. The normalized spacial score (nSPS) is 19.7. The van der Waals surface area contributed by atoms with E-state index >= 15 is 0 Å². The van der Waals surface area contributed by atoms with Gasteiger partial charge in [0.05, 0.1) is 11.5 Å². The van der Waals surface area contributed by atoms with Crippen LogP contribution in [-0.2, 0) is 10.5 Å². The number of carbonyl (C=O) groups excluding carboxylic acids is 1. The SMILES string of the molecule is CC1CCN(C(=O)CSCc2nc3cccnc3n2C2CCCCC2)CC1. The van der Waals surface area contributed by atoms with Crippen LogP contribution in [0.15, 0.2) is 18.3 Å². The summed E-state index contributed by atoms with van der Waals surface area (Å²) in [4.78, 5) is 24.0. The van der Waals surface area contributed by atoms with Gasteiger partial charge in [0.15, 0.2) is 5.65 Å². The Kier molecular flexibility index (Phi) is 6.01. The van der Waals surface area contributed by atoms with Crippen molar-refractivity contribution in [2.75, 3.05) is 18.8 Å². The lowest BCUT2D eigenvalue weighted by molar-refractivity contribution is -0.129. The van der Waals surface area contributed by atoms with E-state index in [1.54, 1.807) is 11.8 Å². The molecule has 0 radical (unpaired) electrons. The van der Waals surface area contributed by atoms with Crippen LogP contribution >= 0.6 is 11.8 Å². The second-order valence-corrected chi connectivity index (χ2v) is 9.08. The molecule has 2 fully saturated rings. The molecule has 2 aliphatic rings. The van der Waals surface area contributed by atoms with E-state index in [1.807, 2.05) is 17.2 Å². The molecule has 4 rings (SSSR count). The summed E-state index contributed by atoms with van der Waals surface area (Å²) in [5.41, 5.74) is 1.99. The van der Waals surface area contributed by atoms with Gasteiger partial charge in [0.25, 0.3) is 0 Å². The van der Waals surface area contributed by atoms with Crippen molar-refractivity contribution in [2.24, 2.45) is 5.92 Å². The second-order valence-electron chi connectivity index (χ2n) is 8.09. The minimum absolute atomic E-state index is 0.283. The summed E-state index contributed by atoms with van der Waals surface area (Å²) in [6, 6.07) is 4.52. The quantitative estimate of drug-likeness (QED) is 0.763. The first-order valence-corrected chi connectivity index (χ1v) is 11.5. The van der Waals surface area contributed by atoms with Crippen LogP contribution in [0.4, 0.5) is 0 Å². The Morgan fingerprint density at radius 3 is 2.74 bits per heavy atom. The van der Waals surface area contributed by atoms with Gasteiger partial charge in [0.2, 0.25) is 5.91 Å². The minimum atomic E-state index is 0.283. The van der Waals surface area contributed by atoms with E-state index in [0.717, 1.165) is 54.6 Å². The number of carbonyl (C=O) groups is 1. The maximum Gasteiger partial charge on any atom is 0.232 e. The molecule has 27 heavy (non-hydrogen) atoms. The predicted octanol–water partition coefficient (Wildman–Crippen LogP) is 4.43. The second kappa shape index (κ2) is 8.63. The van der Waals surface area contributed by atoms with Crippen molar-refractivity contribution in [2.45, 2.75) is 63.7 Å². The average molecular weight is 387 g/mol. The van der Waals surface area contributed by atoms with Gasteiger partial charge >= 0.3 is 0 Å². The number of nitrogens with zero attached hydrogens (tertiary/aromatic N) is 4. The van der Waals surface area contributed by atoms with Crippen LogP contribution in [0.2, 0.25) is 0 Å². The zero-order valence-corrected chi connectivity index (χ0v) is 17.1. The molecule has 0 unspecified atom stereocenters. The fourth-order valence-corrected chi connectivity index (χ4v) is 5.23. The summed E-state index contributed by atoms with van der Waals surface area (Å²) in [6.07, 6.45) is 10.5. The largest absolute Gasteiger partial charge is 0.342 e. The fourth-order valence-electron chi connectivity index (χ4n) is 4.38. The number of thioether (sulfide) groups is 1. The number of piperidine rings is 1. The Labute approximate surface area is 165 Å². The summed E-state index contributed by atoms with van der Waals surface area (Å²) in [5.74, 6) is 3.45. The zero-order chi connectivity index (χ0) is 18.6. The molecule has 3 heterocycles. The minimum Gasteiger partial charge on any atom is -0.342 e. The van der Waals surface area contributed by atoms with Gasteiger partial charge in [0.1, 0.15) is 11.3 Å². The van der Waals surface area contributed by atoms with Crippen LogP contribution in [0.3, 0.4) is 0 Å². The number of amides is 1. The summed E-state index contributed by atoms with van der Waals surface area (Å²) >= 11 is 1.70. The molecule has 1 amide bonds. The third-order valence-electron chi connectivity index (χ3n) is 6.05. The monoisotopic (exact) mass is 386 g/mol. The van der Waals surface area contributed by atoms with Gasteiger partial charge in [-0.1, -0.05) is 26.2 Å². The van der Waals surface area contributed by atoms with Gasteiger partial charge in [-0.25, -0.2) is 9.97 Å². The number of hydrogen-bond acceptors (Lipinski definition) is 4. The number of pyridine rings is 1. The number of likely N-dealkylation sites (tertiary alicyclic amines) is 1. The molecular formula is C21H30N4OS. The number of hydrogen-bond donors (Lipinski definition) is 0. The van der Waals surface area contributed by atoms with Crippen LogP contribution in [0.1, 0.15) is 63.7 Å². The topological polar surface area (TPSA) is 51.0 Å². The van der Waals surface area contributed by atoms with E-state index in [0.29, 0.717) is 11.8 Å². The highest BCUT2D eigenvalue weighted by Crippen LogP contribution is 2.33. The Balaban J connectivity index is 1.43. The van der Waals surface area contributed by atoms with Crippen LogP contribution in [0, 0.1) is 5.92 Å². The van der Waals surface area contributed by atoms with Gasteiger partial charge < -0.3 is 9.47 Å². The van der Waals surface area contributed by atoms with E-state index in [4.69, 9.17) is 4.98 Å². The van der Waals surface area contributed by atoms with Crippen molar-refractivity contribution in [3.63, 3.8) is 0 Å². The molecule has 2 aromatic rings. The third kappa shape index (κ3) is 4.31. The van der Waals surface area contributed by atoms with Gasteiger partial charge in [-0.15, -0.1) is 11.8 Å². The maximum atomic E-state index is 12.5. The number of rotatable bonds is 5. The first-order chi connectivity index (χ1) is 13.2. The predicted molar refractivity (Wildman–Crippen MR) is 111 cm³/mol. The molecule has 1 saturated heterocycles. The molecular weight excluding hydrogens is 356 g/mol. The van der Waals surface area contributed by atoms with Crippen molar-refractivity contribution in [3.05, 3.63) is 24.2 Å². The highest BCUT2D eigenvalue weighted by molar-refractivity contribution is 7.99. The van der Waals surface area contributed by atoms with E-state index in [9.17, 15) is 4.79 Å². The van der Waals surface area contributed by atoms with E-state index < -0.39 is 0 Å². The van der Waals surface area contributed by atoms with E-state index in [1.165, 1.54) is 32.1 Å². The Hall–Kier alpha value is -1.56. The lowest BCUT2D eigenvalue weighted by atomic mass is 9.95. The molecule has 5 nitrogen and oxygen atoms in total. The van der Waals surface area contributed by atoms with E-state index in [2.05, 4.69) is 22.5 Å². The Bertz CT molecular complexity index is 776. The molecule has 0 bridgehead atoms. The first-order valence-electron chi connectivity index (χ1n) is 10.4. The molecule has 1 aliphatic carbocycles. The molecule has 0 aromatic carbocycles. The van der Waals surface area contributed by atoms with Crippen molar-refractivity contribution < 1.29 is 4.79 Å². The number of aromatic nitrogens is 3. The summed E-state index contributed by atoms with van der Waals surface area (Å²) in [6.45, 7) is 4.12. The highest BCUT2D eigenvalue weighted by atomic mass is 32.2. The molecule has 1 saturated carbocycles. The third-order valence-corrected chi connectivity index (χ3v) is 6.97. The van der Waals surface area contributed by atoms with Crippen molar-refractivity contribution in [1.29, 1.82) is 0 Å². The van der Waals surface area contributed by atoms with Gasteiger partial charge in [-0.3, -0.25) is 4.79 Å². The smallest absolute Gasteiger partial charge is 0.232 e. The van der Waals surface area contributed by atoms with Crippen molar-refractivity contribution in [1.82, 2.24) is 19.4 Å². The average Bonchev–Trinajstić information content (AvgIpc) is 3.07. The molecule has 6 heteroatoms. The van der Waals surface area contributed by atoms with Crippen LogP contribution in [0.5, 0.6) is 0 Å². The molecule has 146 valence electrons. The lowest BCUT2D eigenvalue weighted by Crippen LogP contribution is -2.38. The first kappa shape index (κ1) is 18.8.